The Bertz CT molecular complexity index is 829. The zero-order valence-corrected chi connectivity index (χ0v) is 25.9. The molecule has 2 fully saturated rings. The van der Waals surface area contributed by atoms with Crippen molar-refractivity contribution >= 4 is 11.9 Å². The van der Waals surface area contributed by atoms with E-state index in [1.165, 1.54) is 64.2 Å². The van der Waals surface area contributed by atoms with Crippen LogP contribution in [0, 0.1) is 35.0 Å². The quantitative estimate of drug-likeness (QED) is 0.175. The molecular weight excluding hydrogens is 496 g/mol. The molecule has 2 N–H and O–H groups in total. The third-order valence-electron chi connectivity index (χ3n) is 10.7. The minimum absolute atomic E-state index is 0.116. The highest BCUT2D eigenvalue weighted by molar-refractivity contribution is 5.74. The Balaban J connectivity index is 2.11. The molecule has 0 aromatic carbocycles. The van der Waals surface area contributed by atoms with E-state index in [9.17, 15) is 19.8 Å². The van der Waals surface area contributed by atoms with Crippen LogP contribution < -0.4 is 0 Å². The van der Waals surface area contributed by atoms with Gasteiger partial charge in [-0.05, 0) is 62.7 Å². The average molecular weight is 557 g/mol. The molecule has 0 radical (unpaired) electrons. The van der Waals surface area contributed by atoms with Crippen molar-refractivity contribution in [3.05, 3.63) is 23.8 Å². The second-order valence-corrected chi connectivity index (χ2v) is 13.5. The van der Waals surface area contributed by atoms with Gasteiger partial charge in [0.2, 0.25) is 0 Å². The van der Waals surface area contributed by atoms with Gasteiger partial charge in [-0.2, -0.15) is 0 Å². The van der Waals surface area contributed by atoms with Crippen molar-refractivity contribution in [1.82, 2.24) is 0 Å². The highest BCUT2D eigenvalue weighted by Gasteiger charge is 2.51. The van der Waals surface area contributed by atoms with Crippen molar-refractivity contribution in [2.75, 3.05) is 0 Å². The summed E-state index contributed by atoms with van der Waals surface area (Å²) in [5.74, 6) is -1.15. The number of rotatable bonds is 13. The minimum atomic E-state index is -0.684. The Hall–Kier alpha value is -1.58. The van der Waals surface area contributed by atoms with E-state index in [1.54, 1.807) is 0 Å². The normalized spacial score (nSPS) is 32.8. The molecule has 0 heterocycles. The van der Waals surface area contributed by atoms with Crippen molar-refractivity contribution in [3.8, 4) is 0 Å². The lowest BCUT2D eigenvalue weighted by Crippen LogP contribution is -2.47. The summed E-state index contributed by atoms with van der Waals surface area (Å²) in [6, 6.07) is 0. The number of unbranched alkanes of at least 4 members (excludes halogenated alkanes) is 6. The number of carbonyl (C=O) groups is 2. The Morgan fingerprint density at radius 1 is 0.800 bits per heavy atom. The van der Waals surface area contributed by atoms with Crippen molar-refractivity contribution in [3.63, 3.8) is 0 Å². The Kier molecular flexibility index (Phi) is 14.3. The summed E-state index contributed by atoms with van der Waals surface area (Å²) in [5.41, 5.74) is 0.710. The van der Waals surface area contributed by atoms with Crippen LogP contribution in [0.5, 0.6) is 0 Å². The van der Waals surface area contributed by atoms with Gasteiger partial charge in [-0.1, -0.05) is 134 Å². The Morgan fingerprint density at radius 2 is 1.45 bits per heavy atom. The lowest BCUT2D eigenvalue weighted by Gasteiger charge is -2.51. The molecule has 6 atom stereocenters. The first kappa shape index (κ1) is 32.9. The number of carboxylic acid groups (broad SMARTS) is 2. The van der Waals surface area contributed by atoms with Gasteiger partial charge >= 0.3 is 11.9 Å². The summed E-state index contributed by atoms with van der Waals surface area (Å²) in [5, 5.41) is 21.0. The first-order valence-corrected chi connectivity index (χ1v) is 17.3. The summed E-state index contributed by atoms with van der Waals surface area (Å²) < 4.78 is 0. The number of carboxylic acids is 2. The summed E-state index contributed by atoms with van der Waals surface area (Å²) in [6.45, 7) is 4.52. The van der Waals surface area contributed by atoms with Crippen LogP contribution in [0.4, 0.5) is 0 Å². The molecule has 0 amide bonds. The summed E-state index contributed by atoms with van der Waals surface area (Å²) >= 11 is 0. The van der Waals surface area contributed by atoms with E-state index < -0.39 is 23.3 Å². The number of aliphatic carboxylic acids is 2. The van der Waals surface area contributed by atoms with Gasteiger partial charge in [0.05, 0.1) is 11.8 Å². The van der Waals surface area contributed by atoms with Crippen LogP contribution in [-0.2, 0) is 9.59 Å². The van der Waals surface area contributed by atoms with Crippen LogP contribution in [0.15, 0.2) is 23.8 Å². The SMILES string of the molecule is CCCCCCC1C=C[C@]2(CCCCCCC2C(=O)O)C(/C=C2/CCCCCCC2C(=O)O)C1CCCCCC. The molecule has 4 nitrogen and oxygen atoms in total. The smallest absolute Gasteiger partial charge is 0.310 e. The van der Waals surface area contributed by atoms with Crippen LogP contribution >= 0.6 is 0 Å². The number of allylic oxidation sites excluding steroid dienone is 3. The molecule has 228 valence electrons. The topological polar surface area (TPSA) is 74.6 Å². The first-order valence-electron chi connectivity index (χ1n) is 17.3. The largest absolute Gasteiger partial charge is 0.481 e. The molecule has 0 bridgehead atoms. The van der Waals surface area contributed by atoms with Crippen LogP contribution in [0.1, 0.15) is 155 Å². The average Bonchev–Trinajstić information content (AvgIpc) is 2.89. The van der Waals surface area contributed by atoms with E-state index in [1.807, 2.05) is 0 Å². The molecular formula is C36H60O4. The molecule has 3 rings (SSSR count). The van der Waals surface area contributed by atoms with Gasteiger partial charge in [0, 0.05) is 5.41 Å². The lowest BCUT2D eigenvalue weighted by molar-refractivity contribution is -0.149. The van der Waals surface area contributed by atoms with Gasteiger partial charge in [-0.15, -0.1) is 0 Å². The second kappa shape index (κ2) is 17.4. The van der Waals surface area contributed by atoms with Gasteiger partial charge in [0.1, 0.15) is 0 Å². The van der Waals surface area contributed by atoms with E-state index in [4.69, 9.17) is 0 Å². The second-order valence-electron chi connectivity index (χ2n) is 13.5. The number of hydrogen-bond donors (Lipinski definition) is 2. The van der Waals surface area contributed by atoms with E-state index in [0.717, 1.165) is 82.6 Å². The predicted molar refractivity (Wildman–Crippen MR) is 165 cm³/mol. The highest BCUT2D eigenvalue weighted by Crippen LogP contribution is 2.56. The first-order chi connectivity index (χ1) is 19.4. The van der Waals surface area contributed by atoms with E-state index >= 15 is 0 Å². The molecule has 0 aromatic heterocycles. The summed E-state index contributed by atoms with van der Waals surface area (Å²) in [7, 11) is 0. The maximum absolute atomic E-state index is 13.0. The van der Waals surface area contributed by atoms with E-state index in [-0.39, 0.29) is 11.8 Å². The fourth-order valence-electron chi connectivity index (χ4n) is 8.45. The highest BCUT2D eigenvalue weighted by atomic mass is 16.4. The van der Waals surface area contributed by atoms with Crippen LogP contribution in [0.3, 0.4) is 0 Å². The Labute approximate surface area is 245 Å². The predicted octanol–water partition coefficient (Wildman–Crippen LogP) is 10.4. The molecule has 5 unspecified atom stereocenters. The van der Waals surface area contributed by atoms with Gasteiger partial charge < -0.3 is 10.2 Å². The minimum Gasteiger partial charge on any atom is -0.481 e. The maximum Gasteiger partial charge on any atom is 0.310 e. The van der Waals surface area contributed by atoms with E-state index in [2.05, 4.69) is 32.1 Å². The lowest BCUT2D eigenvalue weighted by atomic mass is 9.52. The maximum atomic E-state index is 13.0. The third kappa shape index (κ3) is 8.96. The van der Waals surface area contributed by atoms with Crippen molar-refractivity contribution < 1.29 is 19.8 Å². The Morgan fingerprint density at radius 3 is 2.12 bits per heavy atom. The van der Waals surface area contributed by atoms with Crippen molar-refractivity contribution in [1.29, 1.82) is 0 Å². The van der Waals surface area contributed by atoms with Gasteiger partial charge in [-0.3, -0.25) is 9.59 Å². The molecule has 40 heavy (non-hydrogen) atoms. The van der Waals surface area contributed by atoms with Crippen LogP contribution in [-0.4, -0.2) is 22.2 Å². The molecule has 2 saturated carbocycles. The van der Waals surface area contributed by atoms with Crippen molar-refractivity contribution in [2.24, 2.45) is 35.0 Å². The van der Waals surface area contributed by atoms with Gasteiger partial charge in [0.15, 0.2) is 0 Å². The molecule has 3 aliphatic carbocycles. The third-order valence-corrected chi connectivity index (χ3v) is 10.7. The molecule has 3 aliphatic rings. The van der Waals surface area contributed by atoms with Crippen LogP contribution in [0.2, 0.25) is 0 Å². The fourth-order valence-corrected chi connectivity index (χ4v) is 8.45. The standard InChI is InChI=1S/C36H60O4/c1-3-5-7-13-19-28-24-26-36(25-18-12-11-17-23-32(36)35(39)40)33(30(28)21-15-8-6-4-2)27-29-20-14-9-10-16-22-31(29)34(37)38/h24,26-28,30-33H,3-23,25H2,1-2H3,(H,37,38)(H,39,40)/b29-27-/t28?,30?,31?,32?,33?,36-/m0/s1. The molecule has 1 spiro atoms. The van der Waals surface area contributed by atoms with Crippen LogP contribution in [0.25, 0.3) is 0 Å². The van der Waals surface area contributed by atoms with Gasteiger partial charge in [0.25, 0.3) is 0 Å². The van der Waals surface area contributed by atoms with Crippen molar-refractivity contribution in [2.45, 2.75) is 155 Å². The fraction of sp³-hybridized carbons (Fsp3) is 0.833. The summed E-state index contributed by atoms with van der Waals surface area (Å²) in [6.07, 6.45) is 31.3. The monoisotopic (exact) mass is 556 g/mol. The summed E-state index contributed by atoms with van der Waals surface area (Å²) in [4.78, 5) is 25.5. The molecule has 4 heteroatoms. The zero-order valence-electron chi connectivity index (χ0n) is 25.9. The molecule has 0 aliphatic heterocycles. The van der Waals surface area contributed by atoms with E-state index in [0.29, 0.717) is 11.8 Å². The molecule has 0 saturated heterocycles. The number of hydrogen-bond acceptors (Lipinski definition) is 2. The van der Waals surface area contributed by atoms with Gasteiger partial charge in [-0.25, -0.2) is 0 Å². The zero-order chi connectivity index (χ0) is 28.8. The molecule has 0 aromatic rings.